The highest BCUT2D eigenvalue weighted by Crippen LogP contribution is 2.28. The van der Waals surface area contributed by atoms with Crippen molar-refractivity contribution in [3.8, 4) is 5.75 Å². The molecular weight excluding hydrogens is 214 g/mol. The molecule has 0 unspecified atom stereocenters. The van der Waals surface area contributed by atoms with Crippen LogP contribution in [-0.2, 0) is 6.54 Å². The summed E-state index contributed by atoms with van der Waals surface area (Å²) in [5, 5.41) is 4.42. The van der Waals surface area contributed by atoms with Gasteiger partial charge in [0.25, 0.3) is 0 Å². The smallest absolute Gasteiger partial charge is 0.134 e. The van der Waals surface area contributed by atoms with Gasteiger partial charge in [0.15, 0.2) is 0 Å². The van der Waals surface area contributed by atoms with E-state index in [9.17, 15) is 0 Å². The fraction of sp³-hybridized carbons (Fsp3) is 0.429. The van der Waals surface area contributed by atoms with Gasteiger partial charge in [0.05, 0.1) is 13.2 Å². The molecule has 1 aromatic heterocycles. The summed E-state index contributed by atoms with van der Waals surface area (Å²) in [7, 11) is 0. The van der Waals surface area contributed by atoms with Crippen molar-refractivity contribution < 1.29 is 9.15 Å². The molecule has 0 aliphatic rings. The number of fused-ring (bicyclic) bond motifs is 1. The third-order valence-corrected chi connectivity index (χ3v) is 2.85. The molecule has 0 bridgehead atoms. The van der Waals surface area contributed by atoms with Gasteiger partial charge >= 0.3 is 0 Å². The number of hydrogen-bond acceptors (Lipinski definition) is 3. The van der Waals surface area contributed by atoms with Gasteiger partial charge in [0.2, 0.25) is 0 Å². The molecule has 1 N–H and O–H groups in total. The lowest BCUT2D eigenvalue weighted by molar-refractivity contribution is 0.340. The molecule has 3 nitrogen and oxygen atoms in total. The first-order chi connectivity index (χ1) is 8.26. The fourth-order valence-electron chi connectivity index (χ4n) is 1.91. The molecule has 0 aliphatic heterocycles. The van der Waals surface area contributed by atoms with E-state index in [1.807, 2.05) is 25.1 Å². The molecule has 2 rings (SSSR count). The quantitative estimate of drug-likeness (QED) is 0.860. The standard InChI is InChI=1S/C14H19NO2/c1-4-15-9-14-10(3)12-8-11(16-5-2)6-7-13(12)17-14/h6-8,15H,4-5,9H2,1-3H3. The second-order valence-electron chi connectivity index (χ2n) is 4.02. The molecule has 0 spiro atoms. The SMILES string of the molecule is CCNCc1oc2ccc(OCC)cc2c1C. The summed E-state index contributed by atoms with van der Waals surface area (Å²) in [6.45, 7) is 8.58. The van der Waals surface area contributed by atoms with Crippen molar-refractivity contribution in [1.82, 2.24) is 5.32 Å². The van der Waals surface area contributed by atoms with Gasteiger partial charge in [-0.15, -0.1) is 0 Å². The van der Waals surface area contributed by atoms with Gasteiger partial charge in [0, 0.05) is 5.39 Å². The number of rotatable bonds is 5. The Hall–Kier alpha value is -1.48. The largest absolute Gasteiger partial charge is 0.494 e. The highest BCUT2D eigenvalue weighted by Gasteiger charge is 2.10. The Balaban J connectivity index is 2.36. The topological polar surface area (TPSA) is 34.4 Å². The van der Waals surface area contributed by atoms with Crippen molar-refractivity contribution in [2.45, 2.75) is 27.3 Å². The predicted molar refractivity (Wildman–Crippen MR) is 69.5 cm³/mol. The minimum absolute atomic E-state index is 0.687. The summed E-state index contributed by atoms with van der Waals surface area (Å²) in [6.07, 6.45) is 0. The zero-order chi connectivity index (χ0) is 12.3. The van der Waals surface area contributed by atoms with E-state index < -0.39 is 0 Å². The number of aryl methyl sites for hydroxylation is 1. The van der Waals surface area contributed by atoms with Crippen LogP contribution in [0.15, 0.2) is 22.6 Å². The maximum absolute atomic E-state index is 5.82. The van der Waals surface area contributed by atoms with Gasteiger partial charge in [-0.1, -0.05) is 6.92 Å². The van der Waals surface area contributed by atoms with Crippen molar-refractivity contribution in [3.63, 3.8) is 0 Å². The van der Waals surface area contributed by atoms with Crippen LogP contribution in [0.2, 0.25) is 0 Å². The van der Waals surface area contributed by atoms with Crippen molar-refractivity contribution >= 4 is 11.0 Å². The Kier molecular flexibility index (Phi) is 3.69. The van der Waals surface area contributed by atoms with E-state index in [-0.39, 0.29) is 0 Å². The molecule has 0 fully saturated rings. The first-order valence-electron chi connectivity index (χ1n) is 6.11. The summed E-state index contributed by atoms with van der Waals surface area (Å²) in [4.78, 5) is 0. The molecule has 0 saturated heterocycles. The zero-order valence-electron chi connectivity index (χ0n) is 10.7. The Labute approximate surface area is 102 Å². The average Bonchev–Trinajstić information content (AvgIpc) is 2.64. The third kappa shape index (κ3) is 2.44. The molecule has 0 amide bonds. The van der Waals surface area contributed by atoms with Gasteiger partial charge < -0.3 is 14.5 Å². The van der Waals surface area contributed by atoms with Crippen LogP contribution in [0, 0.1) is 6.92 Å². The molecule has 0 atom stereocenters. The molecule has 3 heteroatoms. The molecule has 17 heavy (non-hydrogen) atoms. The van der Waals surface area contributed by atoms with Crippen molar-refractivity contribution in [2.24, 2.45) is 0 Å². The molecular formula is C14H19NO2. The Morgan fingerprint density at radius 1 is 1.29 bits per heavy atom. The van der Waals surface area contributed by atoms with E-state index in [1.165, 1.54) is 5.56 Å². The van der Waals surface area contributed by atoms with Crippen LogP contribution in [0.5, 0.6) is 5.75 Å². The molecule has 1 aromatic carbocycles. The summed E-state index contributed by atoms with van der Waals surface area (Å²) >= 11 is 0. The van der Waals surface area contributed by atoms with Gasteiger partial charge in [0.1, 0.15) is 17.1 Å². The van der Waals surface area contributed by atoms with Crippen LogP contribution >= 0.6 is 0 Å². The maximum Gasteiger partial charge on any atom is 0.134 e. The van der Waals surface area contributed by atoms with Gasteiger partial charge in [-0.3, -0.25) is 0 Å². The minimum Gasteiger partial charge on any atom is -0.494 e. The summed E-state index contributed by atoms with van der Waals surface area (Å²) in [5.41, 5.74) is 2.13. The number of nitrogens with one attached hydrogen (secondary N) is 1. The number of ether oxygens (including phenoxy) is 1. The Morgan fingerprint density at radius 3 is 2.82 bits per heavy atom. The Bertz CT molecular complexity index is 502. The lowest BCUT2D eigenvalue weighted by Crippen LogP contribution is -2.11. The van der Waals surface area contributed by atoms with Crippen LogP contribution in [0.1, 0.15) is 25.2 Å². The van der Waals surface area contributed by atoms with E-state index in [2.05, 4.69) is 19.2 Å². The van der Waals surface area contributed by atoms with Crippen LogP contribution in [-0.4, -0.2) is 13.2 Å². The summed E-state index contributed by atoms with van der Waals surface area (Å²) in [5.74, 6) is 1.91. The van der Waals surface area contributed by atoms with Crippen LogP contribution in [0.25, 0.3) is 11.0 Å². The van der Waals surface area contributed by atoms with E-state index >= 15 is 0 Å². The van der Waals surface area contributed by atoms with Crippen molar-refractivity contribution in [3.05, 3.63) is 29.5 Å². The first kappa shape index (κ1) is 12.0. The summed E-state index contributed by atoms with van der Waals surface area (Å²) < 4.78 is 11.3. The molecule has 0 radical (unpaired) electrons. The minimum atomic E-state index is 0.687. The molecule has 1 heterocycles. The van der Waals surface area contributed by atoms with Crippen LogP contribution in [0.4, 0.5) is 0 Å². The van der Waals surface area contributed by atoms with Gasteiger partial charge in [-0.05, 0) is 44.2 Å². The first-order valence-corrected chi connectivity index (χ1v) is 6.11. The molecule has 0 aliphatic carbocycles. The van der Waals surface area contributed by atoms with Gasteiger partial charge in [-0.2, -0.15) is 0 Å². The number of furan rings is 1. The third-order valence-electron chi connectivity index (χ3n) is 2.85. The van der Waals surface area contributed by atoms with E-state index in [4.69, 9.17) is 9.15 Å². The number of benzene rings is 1. The maximum atomic E-state index is 5.82. The highest BCUT2D eigenvalue weighted by atomic mass is 16.5. The van der Waals surface area contributed by atoms with E-state index in [1.54, 1.807) is 0 Å². The second kappa shape index (κ2) is 5.23. The van der Waals surface area contributed by atoms with Gasteiger partial charge in [-0.25, -0.2) is 0 Å². The molecule has 0 saturated carbocycles. The van der Waals surface area contributed by atoms with E-state index in [0.717, 1.165) is 35.6 Å². The number of hydrogen-bond donors (Lipinski definition) is 1. The van der Waals surface area contributed by atoms with Crippen molar-refractivity contribution in [2.75, 3.05) is 13.2 Å². The normalized spacial score (nSPS) is 11.0. The zero-order valence-corrected chi connectivity index (χ0v) is 10.7. The van der Waals surface area contributed by atoms with E-state index in [0.29, 0.717) is 6.61 Å². The monoisotopic (exact) mass is 233 g/mol. The fourth-order valence-corrected chi connectivity index (χ4v) is 1.91. The Morgan fingerprint density at radius 2 is 2.12 bits per heavy atom. The lowest BCUT2D eigenvalue weighted by Gasteiger charge is -2.01. The van der Waals surface area contributed by atoms with Crippen LogP contribution < -0.4 is 10.1 Å². The molecule has 92 valence electrons. The summed E-state index contributed by atoms with van der Waals surface area (Å²) in [6, 6.07) is 5.97. The molecule has 2 aromatic rings. The second-order valence-corrected chi connectivity index (χ2v) is 4.02. The average molecular weight is 233 g/mol. The lowest BCUT2D eigenvalue weighted by atomic mass is 10.1. The van der Waals surface area contributed by atoms with Crippen LogP contribution in [0.3, 0.4) is 0 Å². The predicted octanol–water partition coefficient (Wildman–Crippen LogP) is 3.25. The van der Waals surface area contributed by atoms with Crippen molar-refractivity contribution in [1.29, 1.82) is 0 Å². The highest BCUT2D eigenvalue weighted by molar-refractivity contribution is 5.83.